The Morgan fingerprint density at radius 3 is 2.43 bits per heavy atom. The summed E-state index contributed by atoms with van der Waals surface area (Å²) in [7, 11) is 0. The summed E-state index contributed by atoms with van der Waals surface area (Å²) in [6.07, 6.45) is 2.32. The number of aromatic nitrogens is 2. The van der Waals surface area contributed by atoms with E-state index < -0.39 is 0 Å². The SMILES string of the molecule is Cc1c(Cl)nc(C2CC2)nc1NC(C)c1ccc(Cl)cc1. The summed E-state index contributed by atoms with van der Waals surface area (Å²) in [6, 6.07) is 7.94. The summed E-state index contributed by atoms with van der Waals surface area (Å²) in [5, 5.41) is 4.71. The molecule has 0 spiro atoms. The van der Waals surface area contributed by atoms with Crippen LogP contribution in [-0.4, -0.2) is 9.97 Å². The van der Waals surface area contributed by atoms with Crippen LogP contribution in [0.1, 0.15) is 48.7 Å². The first-order valence-corrected chi connectivity index (χ1v) is 7.86. The molecule has 0 amide bonds. The fourth-order valence-electron chi connectivity index (χ4n) is 2.21. The molecule has 110 valence electrons. The van der Waals surface area contributed by atoms with E-state index in [9.17, 15) is 0 Å². The molecule has 1 N–H and O–H groups in total. The van der Waals surface area contributed by atoms with E-state index in [0.29, 0.717) is 11.1 Å². The van der Waals surface area contributed by atoms with E-state index >= 15 is 0 Å². The molecule has 1 atom stereocenters. The van der Waals surface area contributed by atoms with Crippen molar-refractivity contribution in [3.8, 4) is 0 Å². The lowest BCUT2D eigenvalue weighted by molar-refractivity contribution is 0.848. The van der Waals surface area contributed by atoms with Gasteiger partial charge in [-0.3, -0.25) is 0 Å². The summed E-state index contributed by atoms with van der Waals surface area (Å²) in [6.45, 7) is 4.03. The number of nitrogens with one attached hydrogen (secondary N) is 1. The summed E-state index contributed by atoms with van der Waals surface area (Å²) in [4.78, 5) is 9.03. The number of benzene rings is 1. The van der Waals surface area contributed by atoms with E-state index in [1.54, 1.807) is 0 Å². The molecule has 21 heavy (non-hydrogen) atoms. The largest absolute Gasteiger partial charge is 0.363 e. The van der Waals surface area contributed by atoms with Crippen LogP contribution in [0.3, 0.4) is 0 Å². The van der Waals surface area contributed by atoms with Gasteiger partial charge in [-0.25, -0.2) is 9.97 Å². The Kier molecular flexibility index (Phi) is 4.05. The van der Waals surface area contributed by atoms with Gasteiger partial charge in [0, 0.05) is 22.5 Å². The zero-order valence-electron chi connectivity index (χ0n) is 12.0. The molecular weight excluding hydrogens is 305 g/mol. The van der Waals surface area contributed by atoms with Crippen molar-refractivity contribution in [2.75, 3.05) is 5.32 Å². The molecule has 1 aromatic heterocycles. The van der Waals surface area contributed by atoms with E-state index in [1.807, 2.05) is 31.2 Å². The van der Waals surface area contributed by atoms with Crippen molar-refractivity contribution >= 4 is 29.0 Å². The van der Waals surface area contributed by atoms with E-state index in [0.717, 1.165) is 40.6 Å². The van der Waals surface area contributed by atoms with Crippen molar-refractivity contribution < 1.29 is 0 Å². The van der Waals surface area contributed by atoms with Gasteiger partial charge >= 0.3 is 0 Å². The fourth-order valence-corrected chi connectivity index (χ4v) is 2.51. The summed E-state index contributed by atoms with van der Waals surface area (Å²) < 4.78 is 0. The van der Waals surface area contributed by atoms with Gasteiger partial charge in [-0.2, -0.15) is 0 Å². The summed E-state index contributed by atoms with van der Waals surface area (Å²) >= 11 is 12.2. The number of hydrogen-bond donors (Lipinski definition) is 1. The highest BCUT2D eigenvalue weighted by Gasteiger charge is 2.28. The van der Waals surface area contributed by atoms with Crippen LogP contribution < -0.4 is 5.32 Å². The van der Waals surface area contributed by atoms with E-state index in [-0.39, 0.29) is 6.04 Å². The number of anilines is 1. The van der Waals surface area contributed by atoms with E-state index in [1.165, 1.54) is 0 Å². The van der Waals surface area contributed by atoms with Crippen LogP contribution in [0.2, 0.25) is 10.2 Å². The molecule has 5 heteroatoms. The molecule has 1 aromatic carbocycles. The van der Waals surface area contributed by atoms with Crippen molar-refractivity contribution in [3.05, 3.63) is 51.4 Å². The first-order chi connectivity index (χ1) is 10.0. The zero-order chi connectivity index (χ0) is 15.0. The highest BCUT2D eigenvalue weighted by Crippen LogP contribution is 2.39. The van der Waals surface area contributed by atoms with Gasteiger partial charge in [-0.1, -0.05) is 35.3 Å². The Labute approximate surface area is 134 Å². The lowest BCUT2D eigenvalue weighted by atomic mass is 10.1. The predicted molar refractivity (Wildman–Crippen MR) is 87.2 cm³/mol. The third-order valence-corrected chi connectivity index (χ3v) is 4.39. The smallest absolute Gasteiger partial charge is 0.137 e. The molecular formula is C16H17Cl2N3. The minimum absolute atomic E-state index is 0.124. The Morgan fingerprint density at radius 2 is 1.81 bits per heavy atom. The van der Waals surface area contributed by atoms with Crippen molar-refractivity contribution in [3.63, 3.8) is 0 Å². The minimum Gasteiger partial charge on any atom is -0.363 e. The fraction of sp³-hybridized carbons (Fsp3) is 0.375. The number of hydrogen-bond acceptors (Lipinski definition) is 3. The van der Waals surface area contributed by atoms with Gasteiger partial charge in [0.2, 0.25) is 0 Å². The van der Waals surface area contributed by atoms with Gasteiger partial charge in [0.15, 0.2) is 0 Å². The second-order valence-electron chi connectivity index (χ2n) is 5.54. The van der Waals surface area contributed by atoms with Crippen molar-refractivity contribution in [2.45, 2.75) is 38.6 Å². The molecule has 3 nitrogen and oxygen atoms in total. The zero-order valence-corrected chi connectivity index (χ0v) is 13.5. The van der Waals surface area contributed by atoms with Gasteiger partial charge < -0.3 is 5.32 Å². The quantitative estimate of drug-likeness (QED) is 0.792. The van der Waals surface area contributed by atoms with Gasteiger partial charge in [-0.05, 0) is 44.4 Å². The third kappa shape index (κ3) is 3.30. The van der Waals surface area contributed by atoms with E-state index in [4.69, 9.17) is 23.2 Å². The first-order valence-electron chi connectivity index (χ1n) is 7.10. The molecule has 0 saturated heterocycles. The van der Waals surface area contributed by atoms with Crippen molar-refractivity contribution in [1.82, 2.24) is 9.97 Å². The topological polar surface area (TPSA) is 37.8 Å². The maximum atomic E-state index is 6.23. The average Bonchev–Trinajstić information content (AvgIpc) is 3.29. The van der Waals surface area contributed by atoms with Crippen LogP contribution in [0.25, 0.3) is 0 Å². The summed E-state index contributed by atoms with van der Waals surface area (Å²) in [5.74, 6) is 2.16. The molecule has 0 bridgehead atoms. The number of nitrogens with zero attached hydrogens (tertiary/aromatic N) is 2. The second-order valence-corrected chi connectivity index (χ2v) is 6.33. The molecule has 3 rings (SSSR count). The van der Waals surface area contributed by atoms with Gasteiger partial charge in [-0.15, -0.1) is 0 Å². The Balaban J connectivity index is 1.84. The monoisotopic (exact) mass is 321 g/mol. The third-order valence-electron chi connectivity index (χ3n) is 3.77. The Bertz CT molecular complexity index is 651. The van der Waals surface area contributed by atoms with Gasteiger partial charge in [0.05, 0.1) is 0 Å². The Morgan fingerprint density at radius 1 is 1.14 bits per heavy atom. The molecule has 1 aliphatic rings. The van der Waals surface area contributed by atoms with Crippen molar-refractivity contribution in [1.29, 1.82) is 0 Å². The van der Waals surface area contributed by atoms with Crippen LogP contribution in [-0.2, 0) is 0 Å². The van der Waals surface area contributed by atoms with Gasteiger partial charge in [0.25, 0.3) is 0 Å². The predicted octanol–water partition coefficient (Wildman–Crippen LogP) is 5.14. The first kappa shape index (κ1) is 14.6. The molecule has 1 unspecified atom stereocenters. The average molecular weight is 322 g/mol. The van der Waals surface area contributed by atoms with Crippen molar-refractivity contribution in [2.24, 2.45) is 0 Å². The highest BCUT2D eigenvalue weighted by atomic mass is 35.5. The lowest BCUT2D eigenvalue weighted by Crippen LogP contribution is -2.11. The highest BCUT2D eigenvalue weighted by molar-refractivity contribution is 6.30. The molecule has 1 saturated carbocycles. The van der Waals surface area contributed by atoms with Gasteiger partial charge in [0.1, 0.15) is 16.8 Å². The normalized spacial score (nSPS) is 15.8. The molecule has 1 heterocycles. The lowest BCUT2D eigenvalue weighted by Gasteiger charge is -2.17. The van der Waals surface area contributed by atoms with Crippen LogP contribution in [0.4, 0.5) is 5.82 Å². The summed E-state index contributed by atoms with van der Waals surface area (Å²) in [5.41, 5.74) is 2.04. The number of halogens is 2. The maximum absolute atomic E-state index is 6.23. The maximum Gasteiger partial charge on any atom is 0.137 e. The molecule has 0 aliphatic heterocycles. The van der Waals surface area contributed by atoms with Crippen LogP contribution >= 0.6 is 23.2 Å². The number of rotatable bonds is 4. The Hall–Kier alpha value is -1.32. The van der Waals surface area contributed by atoms with Crippen LogP contribution in [0.5, 0.6) is 0 Å². The second kappa shape index (κ2) is 5.82. The minimum atomic E-state index is 0.124. The van der Waals surface area contributed by atoms with E-state index in [2.05, 4.69) is 22.2 Å². The molecule has 2 aromatic rings. The molecule has 1 aliphatic carbocycles. The van der Waals surface area contributed by atoms with Crippen LogP contribution in [0, 0.1) is 6.92 Å². The molecule has 1 fully saturated rings. The van der Waals surface area contributed by atoms with Crippen LogP contribution in [0.15, 0.2) is 24.3 Å². The standard InChI is InChI=1S/C16H17Cl2N3/c1-9-14(18)20-16(12-3-4-12)21-15(9)19-10(2)11-5-7-13(17)8-6-11/h5-8,10,12H,3-4H2,1-2H3,(H,19,20,21). The molecule has 0 radical (unpaired) electrons.